The van der Waals surface area contributed by atoms with E-state index in [2.05, 4.69) is 19.2 Å². The molecule has 0 unspecified atom stereocenters. The van der Waals surface area contributed by atoms with Crippen LogP contribution in [0.3, 0.4) is 0 Å². The molecule has 0 radical (unpaired) electrons. The van der Waals surface area contributed by atoms with E-state index in [9.17, 15) is 4.39 Å². The van der Waals surface area contributed by atoms with Gasteiger partial charge in [-0.15, -0.1) is 0 Å². The summed E-state index contributed by atoms with van der Waals surface area (Å²) >= 11 is 0. The van der Waals surface area contributed by atoms with Crippen LogP contribution in [0.1, 0.15) is 45.1 Å². The lowest BCUT2D eigenvalue weighted by Crippen LogP contribution is -2.57. The van der Waals surface area contributed by atoms with Gasteiger partial charge in [0, 0.05) is 31.2 Å². The normalized spacial score (nSPS) is 23.2. The fourth-order valence-corrected chi connectivity index (χ4v) is 4.24. The average Bonchev–Trinajstić information content (AvgIpc) is 2.44. The highest BCUT2D eigenvalue weighted by Crippen LogP contribution is 2.60. The van der Waals surface area contributed by atoms with Gasteiger partial charge in [0.25, 0.3) is 0 Å². The Hall–Kier alpha value is -0.930. The topological polar surface area (TPSA) is 21.3 Å². The molecule has 1 aliphatic carbocycles. The molecule has 1 aromatic rings. The van der Waals surface area contributed by atoms with E-state index in [0.717, 1.165) is 51.0 Å². The van der Waals surface area contributed by atoms with E-state index in [1.165, 1.54) is 0 Å². The molecule has 116 valence electrons. The number of nitrogens with one attached hydrogen (secondary N) is 1. The van der Waals surface area contributed by atoms with Crippen LogP contribution in [-0.4, -0.2) is 25.8 Å². The van der Waals surface area contributed by atoms with Gasteiger partial charge in [0.2, 0.25) is 0 Å². The van der Waals surface area contributed by atoms with E-state index in [1.807, 2.05) is 12.1 Å². The molecular weight excluding hydrogens is 265 g/mol. The minimum atomic E-state index is -0.0510. The molecule has 1 N–H and O–H groups in total. The maximum atomic E-state index is 14.3. The Morgan fingerprint density at radius 3 is 2.48 bits per heavy atom. The molecule has 1 saturated carbocycles. The Bertz CT molecular complexity index is 486. The third kappa shape index (κ3) is 2.86. The molecule has 2 fully saturated rings. The van der Waals surface area contributed by atoms with Gasteiger partial charge in [-0.3, -0.25) is 0 Å². The number of halogens is 1. The predicted octanol–water partition coefficient (Wildman–Crippen LogP) is 3.65. The SMILES string of the molecule is CC(C)NCC1(c2ccccc2F)CC2(CCOCC2)C1. The highest BCUT2D eigenvalue weighted by molar-refractivity contribution is 5.33. The Labute approximate surface area is 127 Å². The lowest BCUT2D eigenvalue weighted by molar-refractivity contribution is -0.0749. The summed E-state index contributed by atoms with van der Waals surface area (Å²) in [5.74, 6) is -0.0510. The van der Waals surface area contributed by atoms with Crippen LogP contribution >= 0.6 is 0 Å². The highest BCUT2D eigenvalue weighted by Gasteiger charge is 2.55. The van der Waals surface area contributed by atoms with Gasteiger partial charge in [-0.25, -0.2) is 4.39 Å². The number of hydrogen-bond donors (Lipinski definition) is 1. The molecule has 0 bridgehead atoms. The van der Waals surface area contributed by atoms with Crippen molar-refractivity contribution in [2.24, 2.45) is 5.41 Å². The molecule has 0 amide bonds. The third-order valence-electron chi connectivity index (χ3n) is 5.27. The average molecular weight is 291 g/mol. The molecule has 0 atom stereocenters. The summed E-state index contributed by atoms with van der Waals surface area (Å²) in [7, 11) is 0. The second kappa shape index (κ2) is 5.69. The lowest BCUT2D eigenvalue weighted by atomic mass is 9.48. The van der Waals surface area contributed by atoms with Crippen molar-refractivity contribution in [1.29, 1.82) is 0 Å². The Kier molecular flexibility index (Phi) is 4.06. The summed E-state index contributed by atoms with van der Waals surface area (Å²) in [6.07, 6.45) is 4.43. The van der Waals surface area contributed by atoms with Crippen LogP contribution < -0.4 is 5.32 Å². The third-order valence-corrected chi connectivity index (χ3v) is 5.27. The zero-order valence-corrected chi connectivity index (χ0v) is 13.1. The quantitative estimate of drug-likeness (QED) is 0.914. The Morgan fingerprint density at radius 1 is 1.19 bits per heavy atom. The molecule has 21 heavy (non-hydrogen) atoms. The molecule has 2 aliphatic rings. The van der Waals surface area contributed by atoms with Crippen molar-refractivity contribution in [2.75, 3.05) is 19.8 Å². The number of benzene rings is 1. The smallest absolute Gasteiger partial charge is 0.127 e. The molecule has 2 nitrogen and oxygen atoms in total. The number of ether oxygens (including phenoxy) is 1. The largest absolute Gasteiger partial charge is 0.381 e. The molecule has 1 heterocycles. The van der Waals surface area contributed by atoms with Crippen molar-refractivity contribution in [2.45, 2.75) is 51.0 Å². The molecule has 0 aromatic heterocycles. The van der Waals surface area contributed by atoms with Crippen molar-refractivity contribution in [3.8, 4) is 0 Å². The zero-order chi connectivity index (χ0) is 14.9. The van der Waals surface area contributed by atoms with Gasteiger partial charge in [-0.1, -0.05) is 32.0 Å². The first-order valence-electron chi connectivity index (χ1n) is 8.12. The van der Waals surface area contributed by atoms with Crippen LogP contribution in [0.4, 0.5) is 4.39 Å². The molecule has 1 aromatic carbocycles. The number of hydrogen-bond acceptors (Lipinski definition) is 2. The molecular formula is C18H26FNO. The van der Waals surface area contributed by atoms with E-state index < -0.39 is 0 Å². The van der Waals surface area contributed by atoms with Crippen LogP contribution in [0.5, 0.6) is 0 Å². The standard InChI is InChI=1S/C18H26FNO/c1-14(2)20-13-18(15-5-3-4-6-16(15)19)11-17(12-18)7-9-21-10-8-17/h3-6,14,20H,7-13H2,1-2H3. The van der Waals surface area contributed by atoms with Crippen LogP contribution in [0.15, 0.2) is 24.3 Å². The summed E-state index contributed by atoms with van der Waals surface area (Å²) in [4.78, 5) is 0. The monoisotopic (exact) mass is 291 g/mol. The van der Waals surface area contributed by atoms with Gasteiger partial charge < -0.3 is 10.1 Å². The Balaban J connectivity index is 1.82. The fourth-order valence-electron chi connectivity index (χ4n) is 4.24. The van der Waals surface area contributed by atoms with Crippen LogP contribution in [0, 0.1) is 11.2 Å². The first-order chi connectivity index (χ1) is 10.1. The van der Waals surface area contributed by atoms with Crippen molar-refractivity contribution in [3.05, 3.63) is 35.6 Å². The van der Waals surface area contributed by atoms with Gasteiger partial charge in [0.15, 0.2) is 0 Å². The summed E-state index contributed by atoms with van der Waals surface area (Å²) in [6, 6.07) is 7.75. The van der Waals surface area contributed by atoms with Crippen molar-refractivity contribution in [3.63, 3.8) is 0 Å². The predicted molar refractivity (Wildman–Crippen MR) is 82.9 cm³/mol. The van der Waals surface area contributed by atoms with Crippen molar-refractivity contribution >= 4 is 0 Å². The van der Waals surface area contributed by atoms with Crippen molar-refractivity contribution in [1.82, 2.24) is 5.32 Å². The summed E-state index contributed by atoms with van der Waals surface area (Å²) < 4.78 is 19.8. The van der Waals surface area contributed by atoms with E-state index >= 15 is 0 Å². The maximum Gasteiger partial charge on any atom is 0.127 e. The first kappa shape index (κ1) is 15.0. The molecule has 1 aliphatic heterocycles. The Morgan fingerprint density at radius 2 is 1.86 bits per heavy atom. The minimum absolute atomic E-state index is 0.0348. The summed E-state index contributed by atoms with van der Waals surface area (Å²) in [5.41, 5.74) is 1.25. The molecule has 1 saturated heterocycles. The second-order valence-electron chi connectivity index (χ2n) is 7.26. The van der Waals surface area contributed by atoms with Crippen LogP contribution in [0.2, 0.25) is 0 Å². The van der Waals surface area contributed by atoms with Crippen LogP contribution in [-0.2, 0) is 10.2 Å². The van der Waals surface area contributed by atoms with Crippen molar-refractivity contribution < 1.29 is 9.13 Å². The second-order valence-corrected chi connectivity index (χ2v) is 7.26. The van der Waals surface area contributed by atoms with E-state index in [0.29, 0.717) is 11.5 Å². The number of rotatable bonds is 4. The van der Waals surface area contributed by atoms with E-state index in [-0.39, 0.29) is 11.2 Å². The summed E-state index contributed by atoms with van der Waals surface area (Å²) in [6.45, 7) is 6.90. The van der Waals surface area contributed by atoms with Crippen LogP contribution in [0.25, 0.3) is 0 Å². The molecule has 3 rings (SSSR count). The maximum absolute atomic E-state index is 14.3. The lowest BCUT2D eigenvalue weighted by Gasteiger charge is -2.58. The molecule has 3 heteroatoms. The zero-order valence-electron chi connectivity index (χ0n) is 13.1. The van der Waals surface area contributed by atoms with E-state index in [4.69, 9.17) is 4.74 Å². The molecule has 1 spiro atoms. The van der Waals surface area contributed by atoms with Gasteiger partial charge in [0.05, 0.1) is 0 Å². The minimum Gasteiger partial charge on any atom is -0.381 e. The van der Waals surface area contributed by atoms with E-state index in [1.54, 1.807) is 12.1 Å². The van der Waals surface area contributed by atoms with Gasteiger partial charge in [-0.05, 0) is 42.7 Å². The first-order valence-corrected chi connectivity index (χ1v) is 8.12. The summed E-state index contributed by atoms with van der Waals surface area (Å²) in [5, 5.41) is 3.54. The van der Waals surface area contributed by atoms with Gasteiger partial charge in [0.1, 0.15) is 5.82 Å². The van der Waals surface area contributed by atoms with Gasteiger partial charge in [-0.2, -0.15) is 0 Å². The van der Waals surface area contributed by atoms with Gasteiger partial charge >= 0.3 is 0 Å². The highest BCUT2D eigenvalue weighted by atomic mass is 19.1. The fraction of sp³-hybridized carbons (Fsp3) is 0.667.